The third-order valence-electron chi connectivity index (χ3n) is 6.04. The number of nitrogens with one attached hydrogen (secondary N) is 2. The number of thioether (sulfide) groups is 1. The Hall–Kier alpha value is -4.26. The number of amides is 3. The van der Waals surface area contributed by atoms with Crippen LogP contribution in [0.5, 0.6) is 5.75 Å². The molecule has 1 aliphatic heterocycles. The van der Waals surface area contributed by atoms with Gasteiger partial charge in [0.15, 0.2) is 0 Å². The summed E-state index contributed by atoms with van der Waals surface area (Å²) in [5.74, 6) is -2.52. The molecular formula is C30H29F4N3O5S. The zero-order chi connectivity index (χ0) is 31.4. The lowest BCUT2D eigenvalue weighted by Gasteiger charge is -2.27. The van der Waals surface area contributed by atoms with Gasteiger partial charge in [0.2, 0.25) is 0 Å². The molecule has 4 rings (SSSR count). The Labute approximate surface area is 249 Å². The molecule has 0 aliphatic carbocycles. The summed E-state index contributed by atoms with van der Waals surface area (Å²) < 4.78 is 62.3. The van der Waals surface area contributed by atoms with E-state index in [-0.39, 0.29) is 30.1 Å². The molecule has 0 spiro atoms. The molecule has 43 heavy (non-hydrogen) atoms. The second kappa shape index (κ2) is 12.9. The van der Waals surface area contributed by atoms with Crippen molar-refractivity contribution in [2.45, 2.75) is 56.8 Å². The predicted octanol–water partition coefficient (Wildman–Crippen LogP) is 6.19. The summed E-state index contributed by atoms with van der Waals surface area (Å²) in [6.07, 6.45) is -5.71. The van der Waals surface area contributed by atoms with Gasteiger partial charge in [-0.1, -0.05) is 42.5 Å². The number of fused-ring (bicyclic) bond motifs is 1. The number of hydrogen-bond donors (Lipinski definition) is 2. The van der Waals surface area contributed by atoms with Gasteiger partial charge in [-0.3, -0.25) is 9.59 Å². The number of rotatable bonds is 7. The van der Waals surface area contributed by atoms with Gasteiger partial charge in [0.05, 0.1) is 17.8 Å². The number of halogens is 4. The maximum Gasteiger partial charge on any atom is 0.573 e. The van der Waals surface area contributed by atoms with Crippen molar-refractivity contribution < 1.29 is 41.4 Å². The molecule has 1 atom stereocenters. The monoisotopic (exact) mass is 619 g/mol. The minimum absolute atomic E-state index is 0.0267. The molecule has 0 aromatic heterocycles. The first kappa shape index (κ1) is 31.7. The number of alkyl halides is 3. The van der Waals surface area contributed by atoms with Crippen LogP contribution in [0.1, 0.15) is 42.3 Å². The van der Waals surface area contributed by atoms with Crippen molar-refractivity contribution in [2.75, 3.05) is 10.7 Å². The fourth-order valence-corrected chi connectivity index (χ4v) is 5.24. The number of alkyl carbamates (subject to hydrolysis) is 1. The van der Waals surface area contributed by atoms with E-state index in [4.69, 9.17) is 4.74 Å². The Morgan fingerprint density at radius 1 is 1.00 bits per heavy atom. The van der Waals surface area contributed by atoms with Gasteiger partial charge >= 0.3 is 12.5 Å². The van der Waals surface area contributed by atoms with E-state index in [2.05, 4.69) is 15.4 Å². The molecule has 3 aromatic carbocycles. The van der Waals surface area contributed by atoms with Crippen LogP contribution in [0.2, 0.25) is 0 Å². The number of nitrogens with zero attached hydrogens (tertiary/aromatic N) is 1. The van der Waals surface area contributed by atoms with Crippen molar-refractivity contribution >= 4 is 35.4 Å². The van der Waals surface area contributed by atoms with Crippen LogP contribution in [-0.2, 0) is 22.6 Å². The zero-order valence-corrected chi connectivity index (χ0v) is 24.3. The molecule has 13 heteroatoms. The summed E-state index contributed by atoms with van der Waals surface area (Å²) in [5.41, 5.74) is 0.272. The molecule has 8 nitrogen and oxygen atoms in total. The van der Waals surface area contributed by atoms with E-state index in [1.54, 1.807) is 45.0 Å². The topological polar surface area (TPSA) is 97.0 Å². The minimum atomic E-state index is -4.87. The molecule has 0 unspecified atom stereocenters. The minimum Gasteiger partial charge on any atom is -0.444 e. The summed E-state index contributed by atoms with van der Waals surface area (Å²) in [5, 5.41) is 5.22. The van der Waals surface area contributed by atoms with Gasteiger partial charge in [0.1, 0.15) is 23.2 Å². The van der Waals surface area contributed by atoms with Gasteiger partial charge in [-0.25, -0.2) is 9.18 Å². The van der Waals surface area contributed by atoms with Gasteiger partial charge in [0, 0.05) is 17.2 Å². The van der Waals surface area contributed by atoms with Gasteiger partial charge in [-0.2, -0.15) is 0 Å². The van der Waals surface area contributed by atoms with E-state index in [0.29, 0.717) is 10.5 Å². The first-order chi connectivity index (χ1) is 20.2. The molecule has 1 aliphatic rings. The first-order valence-electron chi connectivity index (χ1n) is 13.1. The number of anilines is 1. The number of hydrogen-bond acceptors (Lipinski definition) is 6. The quantitative estimate of drug-likeness (QED) is 0.307. The van der Waals surface area contributed by atoms with Crippen molar-refractivity contribution in [3.63, 3.8) is 0 Å². The third kappa shape index (κ3) is 8.87. The molecule has 0 bridgehead atoms. The van der Waals surface area contributed by atoms with Crippen molar-refractivity contribution in [1.29, 1.82) is 0 Å². The fourth-order valence-electron chi connectivity index (χ4n) is 4.16. The highest BCUT2D eigenvalue weighted by atomic mass is 32.2. The maximum atomic E-state index is 15.2. The summed E-state index contributed by atoms with van der Waals surface area (Å²) >= 11 is 1.10. The molecule has 3 aromatic rings. The summed E-state index contributed by atoms with van der Waals surface area (Å²) in [6, 6.07) is 15.2. The number of carbonyl (C=O) groups excluding carboxylic acids is 3. The Morgan fingerprint density at radius 2 is 1.67 bits per heavy atom. The van der Waals surface area contributed by atoms with Gasteiger partial charge in [-0.05, 0) is 56.2 Å². The Bertz CT molecular complexity index is 1480. The van der Waals surface area contributed by atoms with Crippen LogP contribution in [0.3, 0.4) is 0 Å². The van der Waals surface area contributed by atoms with E-state index in [9.17, 15) is 27.6 Å². The van der Waals surface area contributed by atoms with E-state index in [0.717, 1.165) is 35.5 Å². The van der Waals surface area contributed by atoms with Crippen LogP contribution < -0.4 is 20.3 Å². The molecule has 0 radical (unpaired) electrons. The largest absolute Gasteiger partial charge is 0.573 e. The third-order valence-corrected chi connectivity index (χ3v) is 7.18. The average molecular weight is 620 g/mol. The average Bonchev–Trinajstić information content (AvgIpc) is 3.03. The van der Waals surface area contributed by atoms with Crippen molar-refractivity contribution in [3.05, 3.63) is 89.2 Å². The number of carbonyl (C=O) groups is 3. The Balaban J connectivity index is 1.65. The van der Waals surface area contributed by atoms with Crippen LogP contribution in [0.4, 0.5) is 28.0 Å². The van der Waals surface area contributed by atoms with Gasteiger partial charge in [0.25, 0.3) is 11.8 Å². The van der Waals surface area contributed by atoms with Crippen LogP contribution in [0.25, 0.3) is 0 Å². The highest BCUT2D eigenvalue weighted by Gasteiger charge is 2.35. The summed E-state index contributed by atoms with van der Waals surface area (Å²) in [7, 11) is 0. The normalized spacial score (nSPS) is 15.3. The first-order valence-corrected chi connectivity index (χ1v) is 14.1. The van der Waals surface area contributed by atoms with Gasteiger partial charge in [-0.15, -0.1) is 24.9 Å². The lowest BCUT2D eigenvalue weighted by atomic mass is 10.1. The van der Waals surface area contributed by atoms with E-state index < -0.39 is 47.5 Å². The second-order valence-electron chi connectivity index (χ2n) is 10.6. The standard InChI is InChI=1S/C30H29F4N3O5S/c1-29(2,3)42-28(40)36-23-17-43-25-14-22(31)21(26(38)35-15-18-7-5-4-6-8-18)13-24(25)37(27(23)39)16-19-9-11-20(12-10-19)41-30(32,33)34/h4-14,23H,15-17H2,1-3H3,(H,35,38)(H,36,40)/t23-/m0/s1. The van der Waals surface area contributed by atoms with Crippen LogP contribution in [0.15, 0.2) is 71.6 Å². The Kier molecular flexibility index (Phi) is 9.53. The predicted molar refractivity (Wildman–Crippen MR) is 152 cm³/mol. The molecular weight excluding hydrogens is 590 g/mol. The van der Waals surface area contributed by atoms with E-state index >= 15 is 4.39 Å². The second-order valence-corrected chi connectivity index (χ2v) is 11.7. The number of benzene rings is 3. The van der Waals surface area contributed by atoms with Crippen molar-refractivity contribution in [3.8, 4) is 5.75 Å². The highest BCUT2D eigenvalue weighted by molar-refractivity contribution is 7.99. The van der Waals surface area contributed by atoms with E-state index in [1.165, 1.54) is 23.1 Å². The molecule has 2 N–H and O–H groups in total. The number of ether oxygens (including phenoxy) is 2. The van der Waals surface area contributed by atoms with Crippen LogP contribution in [0, 0.1) is 5.82 Å². The van der Waals surface area contributed by atoms with Gasteiger partial charge < -0.3 is 25.0 Å². The maximum absolute atomic E-state index is 15.2. The molecule has 0 saturated heterocycles. The van der Waals surface area contributed by atoms with E-state index in [1.807, 2.05) is 6.07 Å². The fraction of sp³-hybridized carbons (Fsp3) is 0.300. The van der Waals surface area contributed by atoms with Crippen molar-refractivity contribution in [1.82, 2.24) is 10.6 Å². The molecule has 0 fully saturated rings. The van der Waals surface area contributed by atoms with Crippen LogP contribution >= 0.6 is 11.8 Å². The summed E-state index contributed by atoms with van der Waals surface area (Å²) in [6.45, 7) is 4.97. The molecule has 1 heterocycles. The Morgan fingerprint density at radius 3 is 2.30 bits per heavy atom. The van der Waals surface area contributed by atoms with Crippen LogP contribution in [-0.4, -0.2) is 41.7 Å². The molecule has 0 saturated carbocycles. The highest BCUT2D eigenvalue weighted by Crippen LogP contribution is 2.37. The van der Waals surface area contributed by atoms with Crippen molar-refractivity contribution in [2.24, 2.45) is 0 Å². The zero-order valence-electron chi connectivity index (χ0n) is 23.5. The SMILES string of the molecule is CC(C)(C)OC(=O)N[C@H]1CSc2cc(F)c(C(=O)NCc3ccccc3)cc2N(Cc2ccc(OC(F)(F)F)cc2)C1=O. The lowest BCUT2D eigenvalue weighted by molar-refractivity contribution is -0.274. The summed E-state index contributed by atoms with van der Waals surface area (Å²) in [4.78, 5) is 40.9. The molecule has 3 amide bonds. The lowest BCUT2D eigenvalue weighted by Crippen LogP contribution is -2.50. The molecule has 228 valence electrons. The smallest absolute Gasteiger partial charge is 0.444 e.